The normalized spacial score (nSPS) is 15.3. The van der Waals surface area contributed by atoms with E-state index in [1.54, 1.807) is 19.1 Å². The Balaban J connectivity index is 1.78. The van der Waals surface area contributed by atoms with Crippen molar-refractivity contribution in [2.75, 3.05) is 35.9 Å². The molecule has 3 rings (SSSR count). The fourth-order valence-electron chi connectivity index (χ4n) is 2.64. The van der Waals surface area contributed by atoms with E-state index >= 15 is 0 Å². The second-order valence-electron chi connectivity index (χ2n) is 5.66. The molecule has 2 aromatic carbocycles. The molecule has 0 spiro atoms. The van der Waals surface area contributed by atoms with Gasteiger partial charge in [0.1, 0.15) is 5.82 Å². The third-order valence-corrected chi connectivity index (χ3v) is 5.46. The van der Waals surface area contributed by atoms with Gasteiger partial charge in [-0.2, -0.15) is 0 Å². The summed E-state index contributed by atoms with van der Waals surface area (Å²) in [6.07, 6.45) is 0. The molecule has 0 unspecified atom stereocenters. The number of hydrogen-bond donors (Lipinski definition) is 1. The fraction of sp³-hybridized carbons (Fsp3) is 0.294. The van der Waals surface area contributed by atoms with Gasteiger partial charge in [-0.15, -0.1) is 0 Å². The van der Waals surface area contributed by atoms with Gasteiger partial charge in [0.15, 0.2) is 0 Å². The predicted octanol–water partition coefficient (Wildman–Crippen LogP) is 2.77. The summed E-state index contributed by atoms with van der Waals surface area (Å²) < 4.78 is 46.1. The molecular weight excluding hydrogens is 331 g/mol. The lowest BCUT2D eigenvalue weighted by molar-refractivity contribution is 0.122. The highest BCUT2D eigenvalue weighted by molar-refractivity contribution is 7.92. The molecule has 1 fully saturated rings. The topological polar surface area (TPSA) is 58.6 Å². The Morgan fingerprint density at radius 3 is 2.42 bits per heavy atom. The smallest absolute Gasteiger partial charge is 0.262 e. The van der Waals surface area contributed by atoms with Gasteiger partial charge in [-0.1, -0.05) is 6.07 Å². The molecular formula is C17H19FN2O3S. The van der Waals surface area contributed by atoms with Crippen LogP contribution in [0, 0.1) is 12.7 Å². The molecule has 0 aromatic heterocycles. The number of nitrogens with zero attached hydrogens (tertiary/aromatic N) is 1. The number of morpholine rings is 1. The number of anilines is 2. The summed E-state index contributed by atoms with van der Waals surface area (Å²) in [4.78, 5) is 2.12. The highest BCUT2D eigenvalue weighted by Crippen LogP contribution is 2.23. The Morgan fingerprint density at radius 1 is 1.08 bits per heavy atom. The van der Waals surface area contributed by atoms with Crippen LogP contribution in [0.15, 0.2) is 47.4 Å². The number of halogens is 1. The van der Waals surface area contributed by atoms with Gasteiger partial charge in [0, 0.05) is 24.5 Å². The van der Waals surface area contributed by atoms with E-state index in [-0.39, 0.29) is 4.90 Å². The molecule has 0 amide bonds. The van der Waals surface area contributed by atoms with Gasteiger partial charge in [-0.3, -0.25) is 4.72 Å². The first-order valence-electron chi connectivity index (χ1n) is 7.67. The lowest BCUT2D eigenvalue weighted by Crippen LogP contribution is -2.36. The van der Waals surface area contributed by atoms with Gasteiger partial charge in [-0.25, -0.2) is 12.8 Å². The first kappa shape index (κ1) is 16.7. The molecule has 7 heteroatoms. The predicted molar refractivity (Wildman–Crippen MR) is 91.4 cm³/mol. The summed E-state index contributed by atoms with van der Waals surface area (Å²) in [5.41, 5.74) is 1.95. The van der Waals surface area contributed by atoms with Crippen molar-refractivity contribution < 1.29 is 17.5 Å². The molecule has 0 atom stereocenters. The molecule has 1 aliphatic heterocycles. The van der Waals surface area contributed by atoms with Gasteiger partial charge in [-0.05, 0) is 48.9 Å². The number of aryl methyl sites for hydroxylation is 1. The van der Waals surface area contributed by atoms with Gasteiger partial charge in [0.05, 0.1) is 18.1 Å². The van der Waals surface area contributed by atoms with Crippen LogP contribution in [0.2, 0.25) is 0 Å². The summed E-state index contributed by atoms with van der Waals surface area (Å²) >= 11 is 0. The van der Waals surface area contributed by atoms with Crippen LogP contribution in [0.25, 0.3) is 0 Å². The van der Waals surface area contributed by atoms with Crippen molar-refractivity contribution in [3.05, 3.63) is 53.8 Å². The summed E-state index contributed by atoms with van der Waals surface area (Å²) in [5, 5.41) is 0. The zero-order valence-electron chi connectivity index (χ0n) is 13.3. The first-order chi connectivity index (χ1) is 11.5. The van der Waals surface area contributed by atoms with Gasteiger partial charge in [0.25, 0.3) is 10.0 Å². The molecule has 1 N–H and O–H groups in total. The van der Waals surface area contributed by atoms with Crippen LogP contribution < -0.4 is 9.62 Å². The van der Waals surface area contributed by atoms with Gasteiger partial charge < -0.3 is 9.64 Å². The average Bonchev–Trinajstić information content (AvgIpc) is 2.58. The van der Waals surface area contributed by atoms with E-state index in [9.17, 15) is 12.8 Å². The molecule has 1 aliphatic rings. The summed E-state index contributed by atoms with van der Waals surface area (Å²) in [5.74, 6) is -0.580. The van der Waals surface area contributed by atoms with Gasteiger partial charge >= 0.3 is 0 Å². The largest absolute Gasteiger partial charge is 0.378 e. The van der Waals surface area contributed by atoms with E-state index < -0.39 is 15.8 Å². The molecule has 24 heavy (non-hydrogen) atoms. The molecule has 1 heterocycles. The van der Waals surface area contributed by atoms with Gasteiger partial charge in [0.2, 0.25) is 0 Å². The van der Waals surface area contributed by atoms with E-state index in [4.69, 9.17) is 4.74 Å². The maximum atomic E-state index is 13.4. The van der Waals surface area contributed by atoms with Crippen molar-refractivity contribution in [2.45, 2.75) is 11.8 Å². The van der Waals surface area contributed by atoms with Crippen molar-refractivity contribution in [3.8, 4) is 0 Å². The summed E-state index contributed by atoms with van der Waals surface area (Å²) in [6.45, 7) is 4.64. The maximum Gasteiger partial charge on any atom is 0.262 e. The minimum atomic E-state index is -3.83. The van der Waals surface area contributed by atoms with Crippen LogP contribution >= 0.6 is 0 Å². The Bertz CT molecular complexity index is 816. The van der Waals surface area contributed by atoms with E-state index in [0.717, 1.165) is 24.8 Å². The standard InChI is InChI=1S/C17H19FN2O3S/c1-13-2-3-14(18)12-17(13)24(21,22)19-15-4-6-16(7-5-15)20-8-10-23-11-9-20/h2-7,12,19H,8-11H2,1H3. The number of rotatable bonds is 4. The quantitative estimate of drug-likeness (QED) is 0.921. The van der Waals surface area contributed by atoms with Crippen molar-refractivity contribution in [1.82, 2.24) is 0 Å². The molecule has 2 aromatic rings. The number of hydrogen-bond acceptors (Lipinski definition) is 4. The average molecular weight is 350 g/mol. The minimum Gasteiger partial charge on any atom is -0.378 e. The van der Waals surface area contributed by atoms with Crippen LogP contribution in [0.5, 0.6) is 0 Å². The number of sulfonamides is 1. The Labute approximate surface area is 141 Å². The third-order valence-electron chi connectivity index (χ3n) is 3.94. The summed E-state index contributed by atoms with van der Waals surface area (Å²) in [7, 11) is -3.83. The lowest BCUT2D eigenvalue weighted by Gasteiger charge is -2.28. The second kappa shape index (κ2) is 6.78. The van der Waals surface area contributed by atoms with Crippen LogP contribution in [0.4, 0.5) is 15.8 Å². The molecule has 0 radical (unpaired) electrons. The zero-order chi connectivity index (χ0) is 17.2. The van der Waals surface area contributed by atoms with Crippen molar-refractivity contribution in [1.29, 1.82) is 0 Å². The Hall–Kier alpha value is -2.12. The molecule has 128 valence electrons. The van der Waals surface area contributed by atoms with Crippen molar-refractivity contribution in [2.24, 2.45) is 0 Å². The Kier molecular flexibility index (Phi) is 4.73. The number of ether oxygens (including phenoxy) is 1. The second-order valence-corrected chi connectivity index (χ2v) is 7.31. The SMILES string of the molecule is Cc1ccc(F)cc1S(=O)(=O)Nc1ccc(N2CCOCC2)cc1. The monoisotopic (exact) mass is 350 g/mol. The zero-order valence-corrected chi connectivity index (χ0v) is 14.1. The fourth-order valence-corrected chi connectivity index (χ4v) is 3.95. The number of benzene rings is 2. The molecule has 1 saturated heterocycles. The van der Waals surface area contributed by atoms with E-state index in [1.807, 2.05) is 12.1 Å². The van der Waals surface area contributed by atoms with E-state index in [0.29, 0.717) is 24.5 Å². The van der Waals surface area contributed by atoms with Crippen molar-refractivity contribution in [3.63, 3.8) is 0 Å². The van der Waals surface area contributed by atoms with Crippen LogP contribution in [-0.4, -0.2) is 34.7 Å². The van der Waals surface area contributed by atoms with Crippen LogP contribution in [0.1, 0.15) is 5.56 Å². The third kappa shape index (κ3) is 3.68. The summed E-state index contributed by atoms with van der Waals surface area (Å²) in [6, 6.07) is 10.9. The molecule has 0 saturated carbocycles. The highest BCUT2D eigenvalue weighted by atomic mass is 32.2. The van der Waals surface area contributed by atoms with E-state index in [1.165, 1.54) is 12.1 Å². The maximum absolute atomic E-state index is 13.4. The highest BCUT2D eigenvalue weighted by Gasteiger charge is 2.18. The van der Waals surface area contributed by atoms with Crippen LogP contribution in [0.3, 0.4) is 0 Å². The molecule has 5 nitrogen and oxygen atoms in total. The van der Waals surface area contributed by atoms with E-state index in [2.05, 4.69) is 9.62 Å². The minimum absolute atomic E-state index is 0.0558. The molecule has 0 bridgehead atoms. The lowest BCUT2D eigenvalue weighted by atomic mass is 10.2. The Morgan fingerprint density at radius 2 is 1.75 bits per heavy atom. The van der Waals surface area contributed by atoms with Crippen LogP contribution in [-0.2, 0) is 14.8 Å². The number of nitrogens with one attached hydrogen (secondary N) is 1. The first-order valence-corrected chi connectivity index (χ1v) is 9.16. The molecule has 0 aliphatic carbocycles. The van der Waals surface area contributed by atoms with Crippen molar-refractivity contribution >= 4 is 21.4 Å².